The Hall–Kier alpha value is -2.80. The molecule has 7 heteroatoms. The minimum absolute atomic E-state index is 0.0148. The Morgan fingerprint density at radius 2 is 2.19 bits per heavy atom. The number of aromatic nitrogens is 3. The summed E-state index contributed by atoms with van der Waals surface area (Å²) >= 11 is 1.65. The van der Waals surface area contributed by atoms with Crippen molar-refractivity contribution >= 4 is 28.9 Å². The van der Waals surface area contributed by atoms with Crippen LogP contribution in [0.25, 0.3) is 10.6 Å². The van der Waals surface area contributed by atoms with Gasteiger partial charge < -0.3 is 10.2 Å². The van der Waals surface area contributed by atoms with E-state index in [1.165, 1.54) is 0 Å². The van der Waals surface area contributed by atoms with Crippen molar-refractivity contribution in [3.63, 3.8) is 0 Å². The first-order chi connectivity index (χ1) is 13.2. The van der Waals surface area contributed by atoms with E-state index in [9.17, 15) is 4.79 Å². The molecule has 0 radical (unpaired) electrons. The third kappa shape index (κ3) is 4.14. The van der Waals surface area contributed by atoms with Gasteiger partial charge in [0.25, 0.3) is 0 Å². The lowest BCUT2D eigenvalue weighted by atomic mass is 9.97. The summed E-state index contributed by atoms with van der Waals surface area (Å²) in [6.45, 7) is 3.52. The molecule has 4 rings (SSSR count). The topological polar surface area (TPSA) is 71.0 Å². The zero-order chi connectivity index (χ0) is 18.6. The molecule has 4 heterocycles. The van der Waals surface area contributed by atoms with Gasteiger partial charge in [-0.2, -0.15) is 0 Å². The van der Waals surface area contributed by atoms with Gasteiger partial charge in [-0.15, -0.1) is 21.5 Å². The molecule has 1 aliphatic rings. The number of rotatable bonds is 4. The first-order valence-electron chi connectivity index (χ1n) is 9.05. The molecule has 0 aliphatic carbocycles. The summed E-state index contributed by atoms with van der Waals surface area (Å²) in [7, 11) is 0. The molecule has 1 amide bonds. The highest BCUT2D eigenvalue weighted by atomic mass is 32.1. The number of piperidine rings is 1. The Balaban J connectivity index is 1.42. The van der Waals surface area contributed by atoms with E-state index in [0.717, 1.165) is 41.3 Å². The fourth-order valence-electron chi connectivity index (χ4n) is 3.28. The van der Waals surface area contributed by atoms with Crippen molar-refractivity contribution in [2.75, 3.05) is 23.3 Å². The molecular formula is C20H21N5OS. The molecule has 0 aromatic carbocycles. The lowest BCUT2D eigenvalue weighted by molar-refractivity contribution is -0.120. The van der Waals surface area contributed by atoms with Gasteiger partial charge in [0, 0.05) is 19.3 Å². The first kappa shape index (κ1) is 17.6. The van der Waals surface area contributed by atoms with Gasteiger partial charge in [0.1, 0.15) is 11.5 Å². The lowest BCUT2D eigenvalue weighted by Gasteiger charge is -2.32. The van der Waals surface area contributed by atoms with Crippen molar-refractivity contribution in [2.24, 2.45) is 5.92 Å². The average molecular weight is 379 g/mol. The Labute approximate surface area is 162 Å². The molecule has 1 saturated heterocycles. The number of thiophene rings is 1. The molecule has 1 atom stereocenters. The minimum Gasteiger partial charge on any atom is -0.354 e. The molecule has 1 N–H and O–H groups in total. The van der Waals surface area contributed by atoms with Crippen LogP contribution in [-0.4, -0.2) is 34.2 Å². The first-order valence-corrected chi connectivity index (χ1v) is 9.93. The SMILES string of the molecule is Cc1ccnc(NC(=O)C2CCCN(c3ccc(-c4cccs4)nn3)C2)c1. The zero-order valence-corrected chi connectivity index (χ0v) is 15.9. The maximum absolute atomic E-state index is 12.7. The molecule has 0 spiro atoms. The predicted octanol–water partition coefficient (Wildman–Crippen LogP) is 3.76. The predicted molar refractivity (Wildman–Crippen MR) is 108 cm³/mol. The van der Waals surface area contributed by atoms with E-state index in [1.807, 2.05) is 48.7 Å². The van der Waals surface area contributed by atoms with Crippen LogP contribution < -0.4 is 10.2 Å². The molecule has 0 saturated carbocycles. The van der Waals surface area contributed by atoms with Gasteiger partial charge >= 0.3 is 0 Å². The van der Waals surface area contributed by atoms with Gasteiger partial charge in [-0.3, -0.25) is 4.79 Å². The second-order valence-corrected chi connectivity index (χ2v) is 7.69. The summed E-state index contributed by atoms with van der Waals surface area (Å²) in [6.07, 6.45) is 3.53. The van der Waals surface area contributed by atoms with Crippen molar-refractivity contribution in [3.8, 4) is 10.6 Å². The fourth-order valence-corrected chi connectivity index (χ4v) is 3.97. The third-order valence-corrected chi connectivity index (χ3v) is 5.60. The summed E-state index contributed by atoms with van der Waals surface area (Å²) < 4.78 is 0. The second-order valence-electron chi connectivity index (χ2n) is 6.75. The van der Waals surface area contributed by atoms with Crippen molar-refractivity contribution in [1.82, 2.24) is 15.2 Å². The van der Waals surface area contributed by atoms with E-state index >= 15 is 0 Å². The zero-order valence-electron chi connectivity index (χ0n) is 15.1. The van der Waals surface area contributed by atoms with E-state index in [1.54, 1.807) is 17.5 Å². The molecule has 138 valence electrons. The van der Waals surface area contributed by atoms with Crippen LogP contribution >= 0.6 is 11.3 Å². The van der Waals surface area contributed by atoms with Gasteiger partial charge in [-0.25, -0.2) is 4.98 Å². The largest absolute Gasteiger partial charge is 0.354 e. The van der Waals surface area contributed by atoms with E-state index in [4.69, 9.17) is 0 Å². The van der Waals surface area contributed by atoms with Crippen molar-refractivity contribution in [3.05, 3.63) is 53.5 Å². The second kappa shape index (κ2) is 7.84. The minimum atomic E-state index is -0.0835. The summed E-state index contributed by atoms with van der Waals surface area (Å²) in [5.41, 5.74) is 1.96. The maximum atomic E-state index is 12.7. The summed E-state index contributed by atoms with van der Waals surface area (Å²) in [5.74, 6) is 1.36. The van der Waals surface area contributed by atoms with Gasteiger partial charge in [-0.1, -0.05) is 6.07 Å². The molecule has 3 aromatic heterocycles. The number of nitrogens with one attached hydrogen (secondary N) is 1. The summed E-state index contributed by atoms with van der Waals surface area (Å²) in [5, 5.41) is 13.7. The van der Waals surface area contributed by atoms with E-state index in [0.29, 0.717) is 12.4 Å². The molecule has 1 fully saturated rings. The van der Waals surface area contributed by atoms with Crippen LogP contribution in [0.4, 0.5) is 11.6 Å². The number of pyridine rings is 1. The average Bonchev–Trinajstić information content (AvgIpc) is 3.23. The number of amides is 1. The Kier molecular flexibility index (Phi) is 5.11. The molecule has 6 nitrogen and oxygen atoms in total. The van der Waals surface area contributed by atoms with Crippen LogP contribution in [0.2, 0.25) is 0 Å². The summed E-state index contributed by atoms with van der Waals surface area (Å²) in [6, 6.07) is 11.8. The smallest absolute Gasteiger partial charge is 0.230 e. The number of anilines is 2. The number of carbonyl (C=O) groups is 1. The van der Waals surface area contributed by atoms with Crippen LogP contribution in [0.5, 0.6) is 0 Å². The highest BCUT2D eigenvalue weighted by molar-refractivity contribution is 7.13. The number of aryl methyl sites for hydroxylation is 1. The monoisotopic (exact) mass is 379 g/mol. The number of hydrogen-bond donors (Lipinski definition) is 1. The van der Waals surface area contributed by atoms with Crippen LogP contribution in [0.15, 0.2) is 48.0 Å². The highest BCUT2D eigenvalue weighted by Gasteiger charge is 2.27. The fraction of sp³-hybridized carbons (Fsp3) is 0.300. The normalized spacial score (nSPS) is 16.9. The molecule has 0 bridgehead atoms. The molecule has 1 aliphatic heterocycles. The van der Waals surface area contributed by atoms with Gasteiger partial charge in [-0.05, 0) is 61.0 Å². The van der Waals surface area contributed by atoms with Crippen molar-refractivity contribution in [2.45, 2.75) is 19.8 Å². The highest BCUT2D eigenvalue weighted by Crippen LogP contribution is 2.26. The van der Waals surface area contributed by atoms with Crippen LogP contribution in [0.1, 0.15) is 18.4 Å². The Morgan fingerprint density at radius 3 is 2.93 bits per heavy atom. The molecule has 3 aromatic rings. The third-order valence-electron chi connectivity index (χ3n) is 4.71. The maximum Gasteiger partial charge on any atom is 0.230 e. The van der Waals surface area contributed by atoms with Crippen molar-refractivity contribution < 1.29 is 4.79 Å². The Morgan fingerprint density at radius 1 is 1.26 bits per heavy atom. The van der Waals surface area contributed by atoms with E-state index < -0.39 is 0 Å². The van der Waals surface area contributed by atoms with Crippen molar-refractivity contribution in [1.29, 1.82) is 0 Å². The van der Waals surface area contributed by atoms with Gasteiger partial charge in [0.2, 0.25) is 5.91 Å². The standard InChI is InChI=1S/C20H21N5OS/c1-14-8-9-21-18(12-14)22-20(26)15-4-2-10-25(13-15)19-7-6-16(23-24-19)17-5-3-11-27-17/h3,5-9,11-12,15H,2,4,10,13H2,1H3,(H,21,22,26). The van der Waals surface area contributed by atoms with Crippen LogP contribution in [0.3, 0.4) is 0 Å². The van der Waals surface area contributed by atoms with E-state index in [-0.39, 0.29) is 11.8 Å². The Bertz CT molecular complexity index is 910. The van der Waals surface area contributed by atoms with Crippen LogP contribution in [0, 0.1) is 12.8 Å². The number of hydrogen-bond acceptors (Lipinski definition) is 6. The van der Waals surface area contributed by atoms with Gasteiger partial charge in [0.15, 0.2) is 5.82 Å². The lowest BCUT2D eigenvalue weighted by Crippen LogP contribution is -2.41. The number of carbonyl (C=O) groups excluding carboxylic acids is 1. The molecular weight excluding hydrogens is 358 g/mol. The number of nitrogens with zero attached hydrogens (tertiary/aromatic N) is 4. The quantitative estimate of drug-likeness (QED) is 0.747. The summed E-state index contributed by atoms with van der Waals surface area (Å²) in [4.78, 5) is 20.1. The van der Waals surface area contributed by atoms with E-state index in [2.05, 4.69) is 25.4 Å². The molecule has 27 heavy (non-hydrogen) atoms. The van der Waals surface area contributed by atoms with Crippen LogP contribution in [-0.2, 0) is 4.79 Å². The molecule has 1 unspecified atom stereocenters. The van der Waals surface area contributed by atoms with Gasteiger partial charge in [0.05, 0.1) is 10.8 Å².